The largest absolute Gasteiger partial charge is 0.477 e. The minimum atomic E-state index is -0.0901. The molecule has 210 valence electrons. The predicted octanol–water partition coefficient (Wildman–Crippen LogP) is 3.11. The first-order valence-corrected chi connectivity index (χ1v) is 13.9. The molecule has 0 aromatic carbocycles. The van der Waals surface area contributed by atoms with E-state index in [1.165, 1.54) is 32.1 Å². The molecule has 4 fully saturated rings. The Labute approximate surface area is 227 Å². The van der Waals surface area contributed by atoms with Crippen molar-refractivity contribution in [1.29, 1.82) is 0 Å². The molecule has 10 heteroatoms. The zero-order valence-corrected chi connectivity index (χ0v) is 23.5. The third-order valence-electron chi connectivity index (χ3n) is 8.21. The van der Waals surface area contributed by atoms with Crippen LogP contribution in [-0.4, -0.2) is 72.5 Å². The van der Waals surface area contributed by atoms with E-state index in [1.807, 2.05) is 0 Å². The molecular weight excluding hydrogens is 494 g/mol. The molecule has 0 spiro atoms. The molecule has 4 aliphatic carbocycles. The van der Waals surface area contributed by atoms with Crippen LogP contribution in [0, 0.1) is 29.6 Å². The molecule has 9 nitrogen and oxygen atoms in total. The lowest BCUT2D eigenvalue weighted by atomic mass is 9.54. The lowest BCUT2D eigenvalue weighted by molar-refractivity contribution is -0.132. The molecule has 0 atom stereocenters. The zero-order chi connectivity index (χ0) is 25.7. The standard InChI is InChI=1S/C27H45N5O4.ClH/c1-18(2)17-36-27-23(26(34)30-25-21-12-19-11-20(14-21)15-22(25)13-19)16-29-32(27)8-7-31(9-10-35-3)24(33)5-4-6-28;/h16,18-22,25H,4-15,17,28H2,1-3H3,(H,30,34);1H. The van der Waals surface area contributed by atoms with Gasteiger partial charge in [0.15, 0.2) is 0 Å². The highest BCUT2D eigenvalue weighted by Gasteiger charge is 2.48. The molecule has 5 rings (SSSR count). The third-order valence-corrected chi connectivity index (χ3v) is 8.21. The summed E-state index contributed by atoms with van der Waals surface area (Å²) in [7, 11) is 1.63. The minimum Gasteiger partial charge on any atom is -0.477 e. The Balaban J connectivity index is 0.00000380. The van der Waals surface area contributed by atoms with Crippen LogP contribution in [0.2, 0.25) is 0 Å². The lowest BCUT2D eigenvalue weighted by Gasteiger charge is -2.54. The second-order valence-corrected chi connectivity index (χ2v) is 11.5. The van der Waals surface area contributed by atoms with Crippen LogP contribution < -0.4 is 15.8 Å². The van der Waals surface area contributed by atoms with E-state index >= 15 is 0 Å². The lowest BCUT2D eigenvalue weighted by Crippen LogP contribution is -2.55. The summed E-state index contributed by atoms with van der Waals surface area (Å²) in [6, 6.07) is 0.260. The Hall–Kier alpha value is -1.84. The number of amides is 2. The Morgan fingerprint density at radius 1 is 1.16 bits per heavy atom. The molecule has 1 heterocycles. The molecule has 0 saturated heterocycles. The normalized spacial score (nSPS) is 25.7. The minimum absolute atomic E-state index is 0. The van der Waals surface area contributed by atoms with Gasteiger partial charge in [0.25, 0.3) is 5.91 Å². The van der Waals surface area contributed by atoms with E-state index in [1.54, 1.807) is 22.9 Å². The summed E-state index contributed by atoms with van der Waals surface area (Å²) in [6.07, 6.45) is 9.09. The number of halogens is 1. The molecule has 4 aliphatic rings. The van der Waals surface area contributed by atoms with Crippen LogP contribution in [0.1, 0.15) is 69.2 Å². The molecule has 0 unspecified atom stereocenters. The number of nitrogens with two attached hydrogens (primary N) is 1. The van der Waals surface area contributed by atoms with Crippen molar-refractivity contribution in [1.82, 2.24) is 20.0 Å². The van der Waals surface area contributed by atoms with Crippen LogP contribution in [0.5, 0.6) is 5.88 Å². The average Bonchev–Trinajstić information content (AvgIpc) is 3.25. The van der Waals surface area contributed by atoms with Gasteiger partial charge in [0.1, 0.15) is 5.56 Å². The van der Waals surface area contributed by atoms with Gasteiger partial charge >= 0.3 is 0 Å². The first-order chi connectivity index (χ1) is 17.4. The number of aromatic nitrogens is 2. The Kier molecular flexibility index (Phi) is 11.1. The van der Waals surface area contributed by atoms with Crippen molar-refractivity contribution in [2.24, 2.45) is 35.3 Å². The molecule has 3 N–H and O–H groups in total. The average molecular weight is 540 g/mol. The van der Waals surface area contributed by atoms with Gasteiger partial charge in [-0.15, -0.1) is 12.4 Å². The van der Waals surface area contributed by atoms with E-state index in [0.29, 0.717) is 81.4 Å². The Morgan fingerprint density at radius 2 is 1.84 bits per heavy atom. The molecule has 37 heavy (non-hydrogen) atoms. The van der Waals surface area contributed by atoms with Crippen molar-refractivity contribution in [3.8, 4) is 5.88 Å². The topological polar surface area (TPSA) is 112 Å². The highest BCUT2D eigenvalue weighted by molar-refractivity contribution is 5.96. The highest BCUT2D eigenvalue weighted by Crippen LogP contribution is 2.53. The van der Waals surface area contributed by atoms with E-state index in [4.69, 9.17) is 15.2 Å². The molecule has 0 aliphatic heterocycles. The van der Waals surface area contributed by atoms with Crippen molar-refractivity contribution >= 4 is 24.2 Å². The van der Waals surface area contributed by atoms with Crippen LogP contribution in [0.3, 0.4) is 0 Å². The number of carbonyl (C=O) groups is 2. The van der Waals surface area contributed by atoms with Crippen molar-refractivity contribution in [2.45, 2.75) is 71.4 Å². The smallest absolute Gasteiger partial charge is 0.258 e. The van der Waals surface area contributed by atoms with Gasteiger partial charge in [0.05, 0.1) is 26.0 Å². The quantitative estimate of drug-likeness (QED) is 0.376. The second-order valence-electron chi connectivity index (χ2n) is 11.5. The summed E-state index contributed by atoms with van der Waals surface area (Å²) < 4.78 is 13.1. The van der Waals surface area contributed by atoms with E-state index in [-0.39, 0.29) is 30.3 Å². The van der Waals surface area contributed by atoms with Crippen molar-refractivity contribution < 1.29 is 19.1 Å². The number of hydrogen-bond donors (Lipinski definition) is 2. The molecule has 1 aromatic rings. The Morgan fingerprint density at radius 3 is 2.43 bits per heavy atom. The van der Waals surface area contributed by atoms with Gasteiger partial charge in [-0.3, -0.25) is 9.59 Å². The van der Waals surface area contributed by atoms with Gasteiger partial charge in [-0.25, -0.2) is 4.68 Å². The van der Waals surface area contributed by atoms with Crippen LogP contribution in [0.15, 0.2) is 6.20 Å². The first kappa shape index (κ1) is 29.7. The number of carbonyl (C=O) groups excluding carboxylic acids is 2. The van der Waals surface area contributed by atoms with Crippen LogP contribution in [0.25, 0.3) is 0 Å². The summed E-state index contributed by atoms with van der Waals surface area (Å²) in [5.41, 5.74) is 6.08. The van der Waals surface area contributed by atoms with Gasteiger partial charge in [-0.05, 0) is 74.7 Å². The maximum absolute atomic E-state index is 13.5. The first-order valence-electron chi connectivity index (χ1n) is 13.9. The van der Waals surface area contributed by atoms with Gasteiger partial charge < -0.3 is 25.4 Å². The number of methoxy groups -OCH3 is 1. The maximum Gasteiger partial charge on any atom is 0.258 e. The maximum atomic E-state index is 13.5. The number of ether oxygens (including phenoxy) is 2. The zero-order valence-electron chi connectivity index (χ0n) is 22.7. The van der Waals surface area contributed by atoms with Gasteiger partial charge in [-0.2, -0.15) is 5.10 Å². The van der Waals surface area contributed by atoms with Crippen molar-refractivity contribution in [3.63, 3.8) is 0 Å². The molecule has 1 aromatic heterocycles. The number of rotatable bonds is 14. The van der Waals surface area contributed by atoms with Crippen LogP contribution in [0.4, 0.5) is 0 Å². The van der Waals surface area contributed by atoms with E-state index in [9.17, 15) is 9.59 Å². The summed E-state index contributed by atoms with van der Waals surface area (Å²) >= 11 is 0. The van der Waals surface area contributed by atoms with Crippen molar-refractivity contribution in [2.75, 3.05) is 40.0 Å². The number of hydrogen-bond acceptors (Lipinski definition) is 6. The predicted molar refractivity (Wildman–Crippen MR) is 145 cm³/mol. The SMILES string of the molecule is COCCN(CCn1ncc(C(=O)NC2C3CC4CC(C3)CC2C4)c1OCC(C)C)C(=O)CCCN.Cl. The number of nitrogens with zero attached hydrogens (tertiary/aromatic N) is 3. The molecule has 4 bridgehead atoms. The molecule has 2 amide bonds. The van der Waals surface area contributed by atoms with E-state index in [0.717, 1.165) is 11.8 Å². The Bertz CT molecular complexity index is 864. The van der Waals surface area contributed by atoms with Crippen LogP contribution in [-0.2, 0) is 16.1 Å². The van der Waals surface area contributed by atoms with Gasteiger partial charge in [-0.1, -0.05) is 13.8 Å². The van der Waals surface area contributed by atoms with E-state index < -0.39 is 0 Å². The monoisotopic (exact) mass is 539 g/mol. The third kappa shape index (κ3) is 7.39. The highest BCUT2D eigenvalue weighted by atomic mass is 35.5. The fourth-order valence-electron chi connectivity index (χ4n) is 6.67. The summed E-state index contributed by atoms with van der Waals surface area (Å²) in [5.74, 6) is 3.70. The van der Waals surface area contributed by atoms with Crippen molar-refractivity contribution in [3.05, 3.63) is 11.8 Å². The second kappa shape index (κ2) is 13.8. The van der Waals surface area contributed by atoms with Gasteiger partial charge in [0.2, 0.25) is 11.8 Å². The van der Waals surface area contributed by atoms with E-state index in [2.05, 4.69) is 24.3 Å². The summed E-state index contributed by atoms with van der Waals surface area (Å²) in [4.78, 5) is 27.9. The molecule has 0 radical (unpaired) electrons. The van der Waals surface area contributed by atoms with Gasteiger partial charge in [0, 0.05) is 32.7 Å². The summed E-state index contributed by atoms with van der Waals surface area (Å²) in [6.45, 7) is 7.01. The molecule has 4 saturated carbocycles. The fourth-order valence-corrected chi connectivity index (χ4v) is 6.67. The number of nitrogens with one attached hydrogen (secondary N) is 1. The molecular formula is C27H46ClN5O4. The van der Waals surface area contributed by atoms with Crippen LogP contribution >= 0.6 is 12.4 Å². The fraction of sp³-hybridized carbons (Fsp3) is 0.815. The summed E-state index contributed by atoms with van der Waals surface area (Å²) in [5, 5.41) is 7.90.